The van der Waals surface area contributed by atoms with Crippen LogP contribution in [0.25, 0.3) is 0 Å². The Morgan fingerprint density at radius 2 is 1.32 bits per heavy atom. The lowest BCUT2D eigenvalue weighted by Gasteiger charge is -2.27. The quantitative estimate of drug-likeness (QED) is 0.512. The summed E-state index contributed by atoms with van der Waals surface area (Å²) in [6, 6.07) is 23.3. The van der Waals surface area contributed by atoms with Gasteiger partial charge in [-0.3, -0.25) is 9.59 Å². The van der Waals surface area contributed by atoms with E-state index in [1.165, 1.54) is 6.92 Å². The van der Waals surface area contributed by atoms with Crippen LogP contribution in [0, 0.1) is 0 Å². The highest BCUT2D eigenvalue weighted by Gasteiger charge is 2.41. The maximum atomic E-state index is 12.9. The molecule has 0 radical (unpaired) electrons. The summed E-state index contributed by atoms with van der Waals surface area (Å²) in [6.45, 7) is 0.788. The van der Waals surface area contributed by atoms with Crippen LogP contribution >= 0.6 is 0 Å². The first-order valence-corrected chi connectivity index (χ1v) is 9.58. The molecule has 3 aromatic carbocycles. The highest BCUT2D eigenvalue weighted by atomic mass is 16.6. The number of carbonyl (C=O) groups excluding carboxylic acids is 3. The monoisotopic (exact) mass is 418 g/mol. The van der Waals surface area contributed by atoms with Crippen LogP contribution in [-0.4, -0.2) is 29.5 Å². The minimum atomic E-state index is -2.06. The van der Waals surface area contributed by atoms with E-state index in [-0.39, 0.29) is 5.91 Å². The van der Waals surface area contributed by atoms with Gasteiger partial charge in [0.1, 0.15) is 0 Å². The molecule has 0 aliphatic carbocycles. The molecule has 0 saturated heterocycles. The number of aliphatic hydroxyl groups is 1. The average molecular weight is 418 g/mol. The zero-order valence-electron chi connectivity index (χ0n) is 16.9. The number of nitrogens with one attached hydrogen (secondary N) is 2. The summed E-state index contributed by atoms with van der Waals surface area (Å²) in [5.74, 6) is -1.79. The van der Waals surface area contributed by atoms with Gasteiger partial charge >= 0.3 is 5.97 Å². The fourth-order valence-corrected chi connectivity index (χ4v) is 3.07. The number of esters is 1. The Morgan fingerprint density at radius 3 is 1.84 bits per heavy atom. The molecule has 0 fully saturated rings. The summed E-state index contributed by atoms with van der Waals surface area (Å²) in [6.07, 6.45) is 0. The molecule has 158 valence electrons. The van der Waals surface area contributed by atoms with Gasteiger partial charge in [0.15, 0.2) is 6.61 Å². The molecule has 0 spiro atoms. The van der Waals surface area contributed by atoms with Gasteiger partial charge < -0.3 is 20.5 Å². The lowest BCUT2D eigenvalue weighted by atomic mass is 9.86. The van der Waals surface area contributed by atoms with Crippen molar-refractivity contribution >= 4 is 29.2 Å². The lowest BCUT2D eigenvalue weighted by molar-refractivity contribution is -0.163. The first kappa shape index (κ1) is 21.7. The number of carbonyl (C=O) groups is 3. The van der Waals surface area contributed by atoms with Crippen molar-refractivity contribution in [1.29, 1.82) is 0 Å². The smallest absolute Gasteiger partial charge is 0.348 e. The van der Waals surface area contributed by atoms with E-state index in [0.717, 1.165) is 0 Å². The Hall–Kier alpha value is -3.97. The van der Waals surface area contributed by atoms with Crippen LogP contribution in [0.5, 0.6) is 0 Å². The molecule has 3 aromatic rings. The molecule has 0 heterocycles. The van der Waals surface area contributed by atoms with Crippen LogP contribution in [0.3, 0.4) is 0 Å². The summed E-state index contributed by atoms with van der Waals surface area (Å²) in [5.41, 5.74) is -0.462. The van der Waals surface area contributed by atoms with E-state index in [1.807, 2.05) is 0 Å². The maximum absolute atomic E-state index is 12.9. The van der Waals surface area contributed by atoms with Crippen molar-refractivity contribution in [3.8, 4) is 0 Å². The van der Waals surface area contributed by atoms with Crippen molar-refractivity contribution in [1.82, 2.24) is 0 Å². The second-order valence-electron chi connectivity index (χ2n) is 6.83. The standard InChI is InChI=1S/C24H22N2O5/c1-17(27)25-20-13-8-14-21(15-20)26-22(28)16-31-23(29)24(30,18-9-4-2-5-10-18)19-11-6-3-7-12-19/h2-15,30H,16H2,1H3,(H,25,27)(H,26,28). The van der Waals surface area contributed by atoms with Crippen molar-refractivity contribution in [3.05, 3.63) is 96.1 Å². The number of ether oxygens (including phenoxy) is 1. The minimum absolute atomic E-state index is 0.237. The Kier molecular flexibility index (Phi) is 6.79. The van der Waals surface area contributed by atoms with Crippen LogP contribution in [0.2, 0.25) is 0 Å². The molecule has 3 rings (SSSR count). The Morgan fingerprint density at radius 1 is 0.806 bits per heavy atom. The van der Waals surface area contributed by atoms with Crippen LogP contribution < -0.4 is 10.6 Å². The molecule has 7 nitrogen and oxygen atoms in total. The third kappa shape index (κ3) is 5.34. The maximum Gasteiger partial charge on any atom is 0.348 e. The minimum Gasteiger partial charge on any atom is -0.453 e. The van der Waals surface area contributed by atoms with Gasteiger partial charge in [-0.05, 0) is 29.3 Å². The molecule has 7 heteroatoms. The van der Waals surface area contributed by atoms with Gasteiger partial charge in [-0.25, -0.2) is 4.79 Å². The number of rotatable bonds is 7. The lowest BCUT2D eigenvalue weighted by Crippen LogP contribution is -2.39. The summed E-state index contributed by atoms with van der Waals surface area (Å²) in [5, 5.41) is 16.5. The molecular weight excluding hydrogens is 396 g/mol. The van der Waals surface area contributed by atoms with E-state index in [1.54, 1.807) is 84.9 Å². The van der Waals surface area contributed by atoms with Crippen LogP contribution in [-0.2, 0) is 24.7 Å². The van der Waals surface area contributed by atoms with Gasteiger partial charge in [0.2, 0.25) is 11.5 Å². The van der Waals surface area contributed by atoms with Crippen molar-refractivity contribution in [2.24, 2.45) is 0 Å². The van der Waals surface area contributed by atoms with E-state index < -0.39 is 24.1 Å². The third-order valence-electron chi connectivity index (χ3n) is 4.48. The molecule has 0 atom stereocenters. The predicted molar refractivity (Wildman–Crippen MR) is 116 cm³/mol. The molecule has 0 bridgehead atoms. The number of anilines is 2. The van der Waals surface area contributed by atoms with Crippen molar-refractivity contribution in [2.45, 2.75) is 12.5 Å². The average Bonchev–Trinajstić information content (AvgIpc) is 2.78. The molecule has 0 aliphatic heterocycles. The Bertz CT molecular complexity index is 1030. The molecule has 0 saturated carbocycles. The van der Waals surface area contributed by atoms with E-state index in [4.69, 9.17) is 4.74 Å². The molecule has 0 aromatic heterocycles. The number of amides is 2. The van der Waals surface area contributed by atoms with Gasteiger partial charge in [-0.15, -0.1) is 0 Å². The van der Waals surface area contributed by atoms with Crippen LogP contribution in [0.1, 0.15) is 18.1 Å². The third-order valence-corrected chi connectivity index (χ3v) is 4.48. The highest BCUT2D eigenvalue weighted by molar-refractivity contribution is 5.95. The van der Waals surface area contributed by atoms with Crippen molar-refractivity contribution < 1.29 is 24.2 Å². The molecule has 0 aliphatic rings. The second-order valence-corrected chi connectivity index (χ2v) is 6.83. The first-order valence-electron chi connectivity index (χ1n) is 9.58. The molecule has 31 heavy (non-hydrogen) atoms. The summed E-state index contributed by atoms with van der Waals surface area (Å²) in [7, 11) is 0. The normalized spacial score (nSPS) is 10.8. The predicted octanol–water partition coefficient (Wildman–Crippen LogP) is 3.06. The summed E-state index contributed by atoms with van der Waals surface area (Å²) < 4.78 is 5.17. The van der Waals surface area contributed by atoms with Gasteiger partial charge in [-0.1, -0.05) is 66.7 Å². The summed E-state index contributed by atoms with van der Waals surface area (Å²) >= 11 is 0. The van der Waals surface area contributed by atoms with E-state index in [0.29, 0.717) is 22.5 Å². The van der Waals surface area contributed by atoms with Crippen LogP contribution in [0.15, 0.2) is 84.9 Å². The summed E-state index contributed by atoms with van der Waals surface area (Å²) in [4.78, 5) is 36.4. The largest absolute Gasteiger partial charge is 0.453 e. The van der Waals surface area contributed by atoms with Crippen LogP contribution in [0.4, 0.5) is 11.4 Å². The molecule has 2 amide bonds. The van der Waals surface area contributed by atoms with Gasteiger partial charge in [0.25, 0.3) is 5.91 Å². The zero-order chi connectivity index (χ0) is 22.3. The molecule has 3 N–H and O–H groups in total. The fourth-order valence-electron chi connectivity index (χ4n) is 3.07. The fraction of sp³-hybridized carbons (Fsp3) is 0.125. The first-order chi connectivity index (χ1) is 14.9. The second kappa shape index (κ2) is 9.69. The Labute approximate surface area is 179 Å². The van der Waals surface area contributed by atoms with Crippen molar-refractivity contribution in [3.63, 3.8) is 0 Å². The SMILES string of the molecule is CC(=O)Nc1cccc(NC(=O)COC(=O)C(O)(c2ccccc2)c2ccccc2)c1. The van der Waals surface area contributed by atoms with E-state index >= 15 is 0 Å². The van der Waals surface area contributed by atoms with Gasteiger partial charge in [0, 0.05) is 18.3 Å². The van der Waals surface area contributed by atoms with Gasteiger partial charge in [-0.2, -0.15) is 0 Å². The molecular formula is C24H22N2O5. The van der Waals surface area contributed by atoms with E-state index in [9.17, 15) is 19.5 Å². The van der Waals surface area contributed by atoms with E-state index in [2.05, 4.69) is 10.6 Å². The van der Waals surface area contributed by atoms with Crippen molar-refractivity contribution in [2.75, 3.05) is 17.2 Å². The number of benzene rings is 3. The molecule has 0 unspecified atom stereocenters. The highest BCUT2D eigenvalue weighted by Crippen LogP contribution is 2.31. The number of hydrogen-bond acceptors (Lipinski definition) is 5. The topological polar surface area (TPSA) is 105 Å². The van der Waals surface area contributed by atoms with Gasteiger partial charge in [0.05, 0.1) is 0 Å². The zero-order valence-corrected chi connectivity index (χ0v) is 16.9. The number of hydrogen-bond donors (Lipinski definition) is 3. The Balaban J connectivity index is 1.72.